The Morgan fingerprint density at radius 3 is 2.44 bits per heavy atom. The van der Waals surface area contributed by atoms with E-state index in [0.29, 0.717) is 4.34 Å². The van der Waals surface area contributed by atoms with Crippen LogP contribution in [0.1, 0.15) is 30.7 Å². The Labute approximate surface area is 101 Å². The first kappa shape index (κ1) is 12.2. The minimum Gasteiger partial charge on any atom is -0.296 e. The van der Waals surface area contributed by atoms with Crippen LogP contribution in [-0.4, -0.2) is 11.7 Å². The Balaban J connectivity index is 2.06. The molecule has 1 N–H and O–H groups in total. The van der Waals surface area contributed by atoms with Crippen LogP contribution in [0.5, 0.6) is 0 Å². The van der Waals surface area contributed by atoms with Crippen LogP contribution >= 0.6 is 22.9 Å². The fourth-order valence-electron chi connectivity index (χ4n) is 1.68. The molecule has 1 heterocycles. The molecule has 0 aliphatic heterocycles. The van der Waals surface area contributed by atoms with Gasteiger partial charge in [-0.2, -0.15) is 13.2 Å². The van der Waals surface area contributed by atoms with Crippen LogP contribution in [0.4, 0.5) is 13.2 Å². The molecule has 0 spiro atoms. The third-order valence-electron chi connectivity index (χ3n) is 2.81. The van der Waals surface area contributed by atoms with Crippen molar-refractivity contribution in [1.29, 1.82) is 0 Å². The minimum atomic E-state index is -4.16. The maximum absolute atomic E-state index is 12.7. The highest BCUT2D eigenvalue weighted by atomic mass is 35.5. The molecule has 90 valence electrons. The zero-order valence-electron chi connectivity index (χ0n) is 8.57. The van der Waals surface area contributed by atoms with Gasteiger partial charge < -0.3 is 0 Å². The van der Waals surface area contributed by atoms with Crippen molar-refractivity contribution < 1.29 is 13.2 Å². The Morgan fingerprint density at radius 2 is 2.06 bits per heavy atom. The molecule has 0 aromatic carbocycles. The first-order valence-electron chi connectivity index (χ1n) is 4.94. The average molecular weight is 270 g/mol. The lowest BCUT2D eigenvalue weighted by Gasteiger charge is -2.24. The number of rotatable bonds is 3. The van der Waals surface area contributed by atoms with Crippen LogP contribution in [0, 0.1) is 0 Å². The lowest BCUT2D eigenvalue weighted by Crippen LogP contribution is -2.45. The van der Waals surface area contributed by atoms with Crippen LogP contribution in [-0.2, 0) is 0 Å². The largest absolute Gasteiger partial charge is 0.406 e. The van der Waals surface area contributed by atoms with Gasteiger partial charge in [0.1, 0.15) is 5.54 Å². The lowest BCUT2D eigenvalue weighted by atomic mass is 10.2. The van der Waals surface area contributed by atoms with E-state index in [-0.39, 0.29) is 18.9 Å². The molecule has 0 amide bonds. The Kier molecular flexibility index (Phi) is 2.97. The summed E-state index contributed by atoms with van der Waals surface area (Å²) in [6, 6.07) is 3.14. The van der Waals surface area contributed by atoms with Gasteiger partial charge in [-0.1, -0.05) is 11.6 Å². The molecule has 1 saturated carbocycles. The summed E-state index contributed by atoms with van der Waals surface area (Å²) < 4.78 is 38.7. The van der Waals surface area contributed by atoms with Gasteiger partial charge in [0.15, 0.2) is 0 Å². The molecule has 1 nitrogen and oxygen atoms in total. The summed E-state index contributed by atoms with van der Waals surface area (Å²) in [6.45, 7) is 1.73. The minimum absolute atomic E-state index is 0.167. The van der Waals surface area contributed by atoms with E-state index in [9.17, 15) is 13.2 Å². The van der Waals surface area contributed by atoms with Gasteiger partial charge in [-0.3, -0.25) is 5.32 Å². The summed E-state index contributed by atoms with van der Waals surface area (Å²) in [4.78, 5) is 0.834. The maximum atomic E-state index is 12.7. The predicted molar refractivity (Wildman–Crippen MR) is 58.9 cm³/mol. The molecular formula is C10H11ClF3NS. The maximum Gasteiger partial charge on any atom is 0.406 e. The fourth-order valence-corrected chi connectivity index (χ4v) is 2.74. The van der Waals surface area contributed by atoms with Crippen molar-refractivity contribution in [1.82, 2.24) is 5.32 Å². The lowest BCUT2D eigenvalue weighted by molar-refractivity contribution is -0.167. The van der Waals surface area contributed by atoms with Gasteiger partial charge in [0, 0.05) is 10.9 Å². The number of alkyl halides is 3. The number of nitrogens with one attached hydrogen (secondary N) is 1. The van der Waals surface area contributed by atoms with Gasteiger partial charge in [0.2, 0.25) is 0 Å². The van der Waals surface area contributed by atoms with E-state index >= 15 is 0 Å². The molecule has 0 saturated heterocycles. The van der Waals surface area contributed by atoms with Gasteiger partial charge in [-0.15, -0.1) is 11.3 Å². The molecule has 0 radical (unpaired) electrons. The Morgan fingerprint density at radius 1 is 1.44 bits per heavy atom. The average Bonchev–Trinajstić information content (AvgIpc) is 2.81. The molecule has 2 rings (SSSR count). The van der Waals surface area contributed by atoms with Gasteiger partial charge >= 0.3 is 6.18 Å². The van der Waals surface area contributed by atoms with Gasteiger partial charge in [-0.25, -0.2) is 0 Å². The Hall–Kier alpha value is -0.260. The van der Waals surface area contributed by atoms with Crippen molar-refractivity contribution in [3.63, 3.8) is 0 Å². The number of thiophene rings is 1. The smallest absolute Gasteiger partial charge is 0.296 e. The summed E-state index contributed by atoms with van der Waals surface area (Å²) in [5.74, 6) is 0. The van der Waals surface area contributed by atoms with Crippen molar-refractivity contribution in [3.8, 4) is 0 Å². The standard InChI is InChI=1S/C10H11ClF3NS/c1-6(7-2-3-8(11)16-7)15-9(4-5-9)10(12,13)14/h2-3,6,15H,4-5H2,1H3. The van der Waals surface area contributed by atoms with E-state index in [2.05, 4.69) is 5.32 Å². The van der Waals surface area contributed by atoms with E-state index in [1.807, 2.05) is 0 Å². The quantitative estimate of drug-likeness (QED) is 0.869. The zero-order valence-corrected chi connectivity index (χ0v) is 10.1. The van der Waals surface area contributed by atoms with Crippen molar-refractivity contribution in [2.75, 3.05) is 0 Å². The van der Waals surface area contributed by atoms with E-state index in [0.717, 1.165) is 4.88 Å². The highest BCUT2D eigenvalue weighted by Gasteiger charge is 2.63. The zero-order chi connectivity index (χ0) is 12.0. The second kappa shape index (κ2) is 3.89. The molecule has 1 unspecified atom stereocenters. The summed E-state index contributed by atoms with van der Waals surface area (Å²) in [5.41, 5.74) is -1.66. The summed E-state index contributed by atoms with van der Waals surface area (Å²) in [6.07, 6.45) is -3.83. The normalized spacial score (nSPS) is 20.8. The van der Waals surface area contributed by atoms with Gasteiger partial charge in [0.05, 0.1) is 4.34 Å². The molecule has 1 aromatic heterocycles. The van der Waals surface area contributed by atoms with E-state index in [1.165, 1.54) is 11.3 Å². The third-order valence-corrected chi connectivity index (χ3v) is 4.22. The van der Waals surface area contributed by atoms with E-state index in [4.69, 9.17) is 11.6 Å². The molecule has 1 aliphatic carbocycles. The molecule has 1 fully saturated rings. The first-order chi connectivity index (χ1) is 7.34. The molecule has 16 heavy (non-hydrogen) atoms. The second-order valence-corrected chi connectivity index (χ2v) is 5.83. The second-order valence-electron chi connectivity index (χ2n) is 4.09. The van der Waals surface area contributed by atoms with Crippen molar-refractivity contribution in [2.24, 2.45) is 0 Å². The molecule has 1 aliphatic rings. The van der Waals surface area contributed by atoms with Crippen molar-refractivity contribution in [3.05, 3.63) is 21.3 Å². The molecular weight excluding hydrogens is 259 g/mol. The first-order valence-corrected chi connectivity index (χ1v) is 6.13. The van der Waals surface area contributed by atoms with Gasteiger partial charge in [0.25, 0.3) is 0 Å². The van der Waals surface area contributed by atoms with Crippen LogP contribution in [0.15, 0.2) is 12.1 Å². The Bertz CT molecular complexity index is 384. The van der Waals surface area contributed by atoms with Crippen LogP contribution < -0.4 is 5.32 Å². The third kappa shape index (κ3) is 2.21. The van der Waals surface area contributed by atoms with Gasteiger partial charge in [-0.05, 0) is 31.9 Å². The van der Waals surface area contributed by atoms with Crippen LogP contribution in [0.3, 0.4) is 0 Å². The topological polar surface area (TPSA) is 12.0 Å². The predicted octanol–water partition coefficient (Wildman–Crippen LogP) is 4.15. The fraction of sp³-hybridized carbons (Fsp3) is 0.600. The SMILES string of the molecule is CC(NC1(C(F)(F)F)CC1)c1ccc(Cl)s1. The monoisotopic (exact) mass is 269 g/mol. The number of hydrogen-bond donors (Lipinski definition) is 1. The van der Waals surface area contributed by atoms with Crippen LogP contribution in [0.25, 0.3) is 0 Å². The molecule has 1 aromatic rings. The summed E-state index contributed by atoms with van der Waals surface area (Å²) in [5, 5.41) is 2.66. The number of halogens is 4. The summed E-state index contributed by atoms with van der Waals surface area (Å²) in [7, 11) is 0. The molecule has 1 atom stereocenters. The van der Waals surface area contributed by atoms with Crippen molar-refractivity contribution in [2.45, 2.75) is 37.5 Å². The van der Waals surface area contributed by atoms with Crippen LogP contribution in [0.2, 0.25) is 4.34 Å². The highest BCUT2D eigenvalue weighted by molar-refractivity contribution is 7.16. The number of hydrogen-bond acceptors (Lipinski definition) is 2. The van der Waals surface area contributed by atoms with E-state index in [1.54, 1.807) is 19.1 Å². The molecule has 0 bridgehead atoms. The summed E-state index contributed by atoms with van der Waals surface area (Å²) >= 11 is 7.06. The highest BCUT2D eigenvalue weighted by Crippen LogP contribution is 2.50. The molecule has 6 heteroatoms. The van der Waals surface area contributed by atoms with Crippen molar-refractivity contribution >= 4 is 22.9 Å². The van der Waals surface area contributed by atoms with E-state index < -0.39 is 11.7 Å².